The van der Waals surface area contributed by atoms with Gasteiger partial charge in [0.25, 0.3) is 0 Å². The third kappa shape index (κ3) is 3.22. The molecule has 1 amide bonds. The van der Waals surface area contributed by atoms with Crippen molar-refractivity contribution >= 4 is 17.2 Å². The van der Waals surface area contributed by atoms with Gasteiger partial charge in [0.15, 0.2) is 5.79 Å². The van der Waals surface area contributed by atoms with Gasteiger partial charge in [0.1, 0.15) is 0 Å². The van der Waals surface area contributed by atoms with E-state index in [1.807, 2.05) is 11.0 Å². The summed E-state index contributed by atoms with van der Waals surface area (Å²) in [7, 11) is 0. The average Bonchev–Trinajstić information content (AvgIpc) is 3.00. The van der Waals surface area contributed by atoms with Gasteiger partial charge in [-0.1, -0.05) is 6.07 Å². The van der Waals surface area contributed by atoms with E-state index in [2.05, 4.69) is 11.4 Å². The van der Waals surface area contributed by atoms with Gasteiger partial charge in [0, 0.05) is 37.2 Å². The Morgan fingerprint density at radius 1 is 1.30 bits per heavy atom. The number of thiophene rings is 1. The third-order valence-electron chi connectivity index (χ3n) is 4.06. The minimum absolute atomic E-state index is 0.254. The van der Waals surface area contributed by atoms with Crippen LogP contribution < -0.4 is 0 Å². The number of carbonyl (C=O) groups excluding carboxylic acids is 1. The first kappa shape index (κ1) is 14.0. The first-order valence-electron chi connectivity index (χ1n) is 7.36. The zero-order chi connectivity index (χ0) is 13.8. The summed E-state index contributed by atoms with van der Waals surface area (Å²) in [6, 6.07) is 4.12. The maximum absolute atomic E-state index is 12.2. The molecule has 0 N–H and O–H groups in total. The summed E-state index contributed by atoms with van der Waals surface area (Å²) < 4.78 is 11.6. The number of aryl methyl sites for hydroxylation is 1. The second-order valence-electron chi connectivity index (χ2n) is 5.42. The van der Waals surface area contributed by atoms with Crippen LogP contribution in [0.5, 0.6) is 0 Å². The first-order chi connectivity index (χ1) is 9.77. The third-order valence-corrected chi connectivity index (χ3v) is 5.00. The summed E-state index contributed by atoms with van der Waals surface area (Å²) >= 11 is 1.72. The number of rotatable bonds is 3. The Kier molecular flexibility index (Phi) is 4.38. The lowest BCUT2D eigenvalue weighted by atomic mass is 10.0. The largest absolute Gasteiger partial charge is 0.350 e. The molecule has 4 nitrogen and oxygen atoms in total. The molecule has 0 aromatic carbocycles. The van der Waals surface area contributed by atoms with Crippen LogP contribution in [0.4, 0.5) is 0 Å². The van der Waals surface area contributed by atoms with Crippen molar-refractivity contribution < 1.29 is 14.3 Å². The number of amides is 1. The summed E-state index contributed by atoms with van der Waals surface area (Å²) in [5, 5.41) is 2.06. The predicted molar refractivity (Wildman–Crippen MR) is 77.7 cm³/mol. The summed E-state index contributed by atoms with van der Waals surface area (Å²) in [4.78, 5) is 15.5. The second-order valence-corrected chi connectivity index (χ2v) is 6.45. The molecule has 3 rings (SSSR count). The standard InChI is InChI=1S/C15H21NO3S/c17-14(5-4-13-3-1-12-20-13)16-8-6-15(7-9-16)18-10-2-11-19-15/h1,3,12H,2,4-11H2. The summed E-state index contributed by atoms with van der Waals surface area (Å²) in [6.07, 6.45) is 4.04. The molecule has 0 unspecified atom stereocenters. The molecule has 1 aromatic rings. The molecule has 0 radical (unpaired) electrons. The van der Waals surface area contributed by atoms with Crippen molar-refractivity contribution in [2.24, 2.45) is 0 Å². The van der Waals surface area contributed by atoms with Gasteiger partial charge in [-0.25, -0.2) is 0 Å². The van der Waals surface area contributed by atoms with Crippen LogP contribution in [0.2, 0.25) is 0 Å². The van der Waals surface area contributed by atoms with Gasteiger partial charge in [-0.15, -0.1) is 11.3 Å². The van der Waals surface area contributed by atoms with Gasteiger partial charge in [0.05, 0.1) is 13.2 Å². The molecule has 110 valence electrons. The molecule has 2 aliphatic heterocycles. The lowest BCUT2D eigenvalue weighted by Crippen LogP contribution is -2.51. The number of ether oxygens (including phenoxy) is 2. The summed E-state index contributed by atoms with van der Waals surface area (Å²) in [5.74, 6) is -0.146. The zero-order valence-corrected chi connectivity index (χ0v) is 12.5. The molecule has 5 heteroatoms. The molecule has 2 fully saturated rings. The van der Waals surface area contributed by atoms with Crippen molar-refractivity contribution in [3.8, 4) is 0 Å². The van der Waals surface area contributed by atoms with Gasteiger partial charge in [0.2, 0.25) is 5.91 Å². The smallest absolute Gasteiger partial charge is 0.222 e. The van der Waals surface area contributed by atoms with Crippen LogP contribution in [0.3, 0.4) is 0 Å². The van der Waals surface area contributed by atoms with Gasteiger partial charge in [-0.05, 0) is 24.3 Å². The fourth-order valence-electron chi connectivity index (χ4n) is 2.85. The first-order valence-corrected chi connectivity index (χ1v) is 8.23. The van der Waals surface area contributed by atoms with E-state index >= 15 is 0 Å². The number of likely N-dealkylation sites (tertiary alicyclic amines) is 1. The van der Waals surface area contributed by atoms with E-state index in [1.54, 1.807) is 11.3 Å². The number of nitrogens with zero attached hydrogens (tertiary/aromatic N) is 1. The second kappa shape index (κ2) is 6.24. The van der Waals surface area contributed by atoms with Crippen molar-refractivity contribution in [2.45, 2.75) is 37.9 Å². The molecule has 3 heterocycles. The SMILES string of the molecule is O=C(CCc1cccs1)N1CCC2(CC1)OCCCO2. The molecule has 2 aliphatic rings. The molecule has 1 spiro atoms. The van der Waals surface area contributed by atoms with Gasteiger partial charge >= 0.3 is 0 Å². The van der Waals surface area contributed by atoms with Crippen molar-refractivity contribution in [1.29, 1.82) is 0 Å². The molecule has 0 bridgehead atoms. The van der Waals surface area contributed by atoms with E-state index in [0.29, 0.717) is 6.42 Å². The van der Waals surface area contributed by atoms with Crippen LogP contribution >= 0.6 is 11.3 Å². The van der Waals surface area contributed by atoms with Gasteiger partial charge < -0.3 is 14.4 Å². The highest BCUT2D eigenvalue weighted by molar-refractivity contribution is 7.09. The quantitative estimate of drug-likeness (QED) is 0.859. The normalized spacial score (nSPS) is 22.1. The number of carbonyl (C=O) groups is 1. The molecular weight excluding hydrogens is 274 g/mol. The lowest BCUT2D eigenvalue weighted by molar-refractivity contribution is -0.282. The van der Waals surface area contributed by atoms with E-state index in [-0.39, 0.29) is 5.91 Å². The highest BCUT2D eigenvalue weighted by Gasteiger charge is 2.39. The monoisotopic (exact) mass is 295 g/mol. The Bertz CT molecular complexity index is 430. The Hall–Kier alpha value is -0.910. The van der Waals surface area contributed by atoms with E-state index in [9.17, 15) is 4.79 Å². The maximum atomic E-state index is 12.2. The Morgan fingerprint density at radius 3 is 2.70 bits per heavy atom. The molecule has 1 aromatic heterocycles. The number of hydrogen-bond donors (Lipinski definition) is 0. The predicted octanol–water partition coefficient (Wildman–Crippen LogP) is 2.44. The molecular formula is C15H21NO3S. The van der Waals surface area contributed by atoms with E-state index in [4.69, 9.17) is 9.47 Å². The van der Waals surface area contributed by atoms with Crippen LogP contribution in [0, 0.1) is 0 Å². The van der Waals surface area contributed by atoms with Gasteiger partial charge in [-0.2, -0.15) is 0 Å². The van der Waals surface area contributed by atoms with Crippen LogP contribution in [0.15, 0.2) is 17.5 Å². The van der Waals surface area contributed by atoms with Gasteiger partial charge in [-0.3, -0.25) is 4.79 Å². The van der Waals surface area contributed by atoms with Crippen LogP contribution in [0.25, 0.3) is 0 Å². The minimum atomic E-state index is -0.400. The highest BCUT2D eigenvalue weighted by atomic mass is 32.1. The van der Waals surface area contributed by atoms with Crippen LogP contribution in [-0.4, -0.2) is 42.9 Å². The van der Waals surface area contributed by atoms with Crippen molar-refractivity contribution in [3.05, 3.63) is 22.4 Å². The van der Waals surface area contributed by atoms with Crippen molar-refractivity contribution in [3.63, 3.8) is 0 Å². The molecule has 0 saturated carbocycles. The summed E-state index contributed by atoms with van der Waals surface area (Å²) in [5.41, 5.74) is 0. The number of hydrogen-bond acceptors (Lipinski definition) is 4. The molecule has 0 aliphatic carbocycles. The molecule has 0 atom stereocenters. The Morgan fingerprint density at radius 2 is 2.05 bits per heavy atom. The maximum Gasteiger partial charge on any atom is 0.222 e. The van der Waals surface area contributed by atoms with E-state index in [0.717, 1.165) is 52.0 Å². The highest BCUT2D eigenvalue weighted by Crippen LogP contribution is 2.31. The Balaban J connectivity index is 1.46. The zero-order valence-electron chi connectivity index (χ0n) is 11.7. The number of piperidine rings is 1. The van der Waals surface area contributed by atoms with Crippen LogP contribution in [-0.2, 0) is 20.7 Å². The van der Waals surface area contributed by atoms with E-state index < -0.39 is 5.79 Å². The van der Waals surface area contributed by atoms with Crippen molar-refractivity contribution in [1.82, 2.24) is 4.90 Å². The summed E-state index contributed by atoms with van der Waals surface area (Å²) in [6.45, 7) is 3.07. The van der Waals surface area contributed by atoms with Crippen molar-refractivity contribution in [2.75, 3.05) is 26.3 Å². The minimum Gasteiger partial charge on any atom is -0.350 e. The fraction of sp³-hybridized carbons (Fsp3) is 0.667. The Labute approximate surface area is 123 Å². The topological polar surface area (TPSA) is 38.8 Å². The van der Waals surface area contributed by atoms with Crippen LogP contribution in [0.1, 0.15) is 30.6 Å². The fourth-order valence-corrected chi connectivity index (χ4v) is 3.55. The molecule has 2 saturated heterocycles. The molecule has 20 heavy (non-hydrogen) atoms. The lowest BCUT2D eigenvalue weighted by Gasteiger charge is -2.43. The average molecular weight is 295 g/mol. The van der Waals surface area contributed by atoms with E-state index in [1.165, 1.54) is 4.88 Å².